The van der Waals surface area contributed by atoms with E-state index < -0.39 is 9.84 Å². The summed E-state index contributed by atoms with van der Waals surface area (Å²) in [6.45, 7) is 4.91. The van der Waals surface area contributed by atoms with Crippen LogP contribution >= 0.6 is 0 Å². The van der Waals surface area contributed by atoms with Crippen LogP contribution < -0.4 is 5.32 Å². The monoisotopic (exact) mass is 392 g/mol. The lowest BCUT2D eigenvalue weighted by Gasteiger charge is -2.40. The summed E-state index contributed by atoms with van der Waals surface area (Å²) in [7, 11) is -3.26. The molecule has 3 rings (SSSR count). The van der Waals surface area contributed by atoms with Crippen molar-refractivity contribution < 1.29 is 18.0 Å². The Morgan fingerprint density at radius 1 is 1.15 bits per heavy atom. The predicted molar refractivity (Wildman–Crippen MR) is 104 cm³/mol. The average Bonchev–Trinajstić information content (AvgIpc) is 2.99. The number of rotatable bonds is 4. The molecule has 1 N–H and O–H groups in total. The first-order valence-electron chi connectivity index (χ1n) is 9.57. The molecule has 7 heteroatoms. The first-order valence-corrected chi connectivity index (χ1v) is 11.5. The van der Waals surface area contributed by atoms with E-state index in [1.54, 1.807) is 12.1 Å². The highest BCUT2D eigenvalue weighted by molar-refractivity contribution is 7.90. The highest BCUT2D eigenvalue weighted by Crippen LogP contribution is 2.36. The maximum absolute atomic E-state index is 12.6. The number of amides is 2. The average molecular weight is 393 g/mol. The molecule has 0 spiro atoms. The van der Waals surface area contributed by atoms with Crippen LogP contribution in [0.15, 0.2) is 29.2 Å². The normalized spacial score (nSPS) is 29.0. The van der Waals surface area contributed by atoms with Crippen molar-refractivity contribution in [2.24, 2.45) is 17.8 Å². The van der Waals surface area contributed by atoms with Gasteiger partial charge in [-0.3, -0.25) is 9.59 Å². The Balaban J connectivity index is 1.64. The fraction of sp³-hybridized carbons (Fsp3) is 0.600. The molecular weight excluding hydrogens is 364 g/mol. The molecule has 6 nitrogen and oxygen atoms in total. The number of carbonyl (C=O) groups excluding carboxylic acids is 2. The zero-order chi connectivity index (χ0) is 19.8. The third-order valence-electron chi connectivity index (χ3n) is 6.14. The smallest absolute Gasteiger partial charge is 0.229 e. The SMILES string of the molecule is C[C@@H]1[C@H](C)CCC[C@@H]1N1C[C@H](C(=O)Nc2ccc(S(C)(=O)=O)cc2)CC1=O. The Morgan fingerprint density at radius 3 is 2.44 bits per heavy atom. The van der Waals surface area contributed by atoms with Gasteiger partial charge in [0.2, 0.25) is 11.8 Å². The molecule has 1 aliphatic heterocycles. The van der Waals surface area contributed by atoms with E-state index in [4.69, 9.17) is 0 Å². The Bertz CT molecular complexity index is 819. The highest BCUT2D eigenvalue weighted by Gasteiger charge is 2.41. The predicted octanol–water partition coefficient (Wildman–Crippen LogP) is 2.70. The van der Waals surface area contributed by atoms with Crippen LogP contribution in [0.3, 0.4) is 0 Å². The number of nitrogens with zero attached hydrogens (tertiary/aromatic N) is 1. The van der Waals surface area contributed by atoms with Gasteiger partial charge in [-0.05, 0) is 42.5 Å². The van der Waals surface area contributed by atoms with Gasteiger partial charge in [-0.25, -0.2) is 8.42 Å². The van der Waals surface area contributed by atoms with Crippen LogP contribution in [0.1, 0.15) is 39.5 Å². The minimum atomic E-state index is -3.26. The van der Waals surface area contributed by atoms with E-state index in [0.29, 0.717) is 24.1 Å². The maximum Gasteiger partial charge on any atom is 0.229 e. The minimum Gasteiger partial charge on any atom is -0.339 e. The minimum absolute atomic E-state index is 0.0634. The van der Waals surface area contributed by atoms with E-state index in [9.17, 15) is 18.0 Å². The van der Waals surface area contributed by atoms with E-state index in [0.717, 1.165) is 19.1 Å². The second-order valence-electron chi connectivity index (χ2n) is 8.07. The lowest BCUT2D eigenvalue weighted by molar-refractivity contribution is -0.131. The molecule has 4 atom stereocenters. The molecule has 1 heterocycles. The van der Waals surface area contributed by atoms with Crippen LogP contribution in [-0.2, 0) is 19.4 Å². The summed E-state index contributed by atoms with van der Waals surface area (Å²) in [5.74, 6) is 0.561. The molecule has 2 aliphatic rings. The summed E-state index contributed by atoms with van der Waals surface area (Å²) in [6, 6.07) is 6.33. The molecule has 27 heavy (non-hydrogen) atoms. The topological polar surface area (TPSA) is 83.6 Å². The molecule has 0 bridgehead atoms. The number of hydrogen-bond donors (Lipinski definition) is 1. The first-order chi connectivity index (χ1) is 12.7. The summed E-state index contributed by atoms with van der Waals surface area (Å²) < 4.78 is 23.0. The van der Waals surface area contributed by atoms with Gasteiger partial charge in [0.1, 0.15) is 0 Å². The summed E-state index contributed by atoms with van der Waals surface area (Å²) >= 11 is 0. The molecule has 1 aromatic rings. The number of anilines is 1. The molecule has 1 aromatic carbocycles. The lowest BCUT2D eigenvalue weighted by Crippen LogP contribution is -2.45. The Labute approximate surface area is 161 Å². The number of hydrogen-bond acceptors (Lipinski definition) is 4. The standard InChI is InChI=1S/C20H28N2O4S/c1-13-5-4-6-18(14(13)2)22-12-15(11-19(22)23)20(24)21-16-7-9-17(10-8-16)27(3,25)26/h7-10,13-15,18H,4-6,11-12H2,1-3H3,(H,21,24)/t13-,14-,15-,18+/m1/s1. The van der Waals surface area contributed by atoms with Crippen molar-refractivity contribution in [3.8, 4) is 0 Å². The second kappa shape index (κ2) is 7.62. The molecule has 0 radical (unpaired) electrons. The van der Waals surface area contributed by atoms with Crippen LogP contribution in [0.4, 0.5) is 5.69 Å². The molecule has 0 aromatic heterocycles. The molecule has 2 fully saturated rings. The lowest BCUT2D eigenvalue weighted by atomic mass is 9.77. The van der Waals surface area contributed by atoms with E-state index in [2.05, 4.69) is 19.2 Å². The third-order valence-corrected chi connectivity index (χ3v) is 7.27. The third kappa shape index (κ3) is 4.34. The summed E-state index contributed by atoms with van der Waals surface area (Å²) in [6.07, 6.45) is 4.73. The summed E-state index contributed by atoms with van der Waals surface area (Å²) in [5, 5.41) is 2.81. The number of likely N-dealkylation sites (tertiary alicyclic amines) is 1. The van der Waals surface area contributed by atoms with E-state index >= 15 is 0 Å². The summed E-state index contributed by atoms with van der Waals surface area (Å²) in [4.78, 5) is 27.3. The Morgan fingerprint density at radius 2 is 1.81 bits per heavy atom. The maximum atomic E-state index is 12.6. The number of nitrogens with one attached hydrogen (secondary N) is 1. The van der Waals surface area contributed by atoms with Crippen LogP contribution in [0.5, 0.6) is 0 Å². The van der Waals surface area contributed by atoms with Crippen LogP contribution in [0.2, 0.25) is 0 Å². The fourth-order valence-electron chi connectivity index (χ4n) is 4.25. The largest absolute Gasteiger partial charge is 0.339 e. The van der Waals surface area contributed by atoms with E-state index in [1.807, 2.05) is 4.90 Å². The molecule has 0 unspecified atom stereocenters. The molecule has 1 saturated carbocycles. The van der Waals surface area contributed by atoms with E-state index in [-0.39, 0.29) is 35.1 Å². The summed E-state index contributed by atoms with van der Waals surface area (Å²) in [5.41, 5.74) is 0.540. The quantitative estimate of drug-likeness (QED) is 0.854. The molecule has 148 valence electrons. The zero-order valence-electron chi connectivity index (χ0n) is 16.1. The highest BCUT2D eigenvalue weighted by atomic mass is 32.2. The van der Waals surface area contributed by atoms with Gasteiger partial charge in [0.05, 0.1) is 10.8 Å². The molecule has 1 saturated heterocycles. The molecule has 2 amide bonds. The van der Waals surface area contributed by atoms with Crippen LogP contribution in [0, 0.1) is 17.8 Å². The van der Waals surface area contributed by atoms with Crippen molar-refractivity contribution >= 4 is 27.3 Å². The second-order valence-corrected chi connectivity index (χ2v) is 10.1. The van der Waals surface area contributed by atoms with Gasteiger partial charge in [0.15, 0.2) is 9.84 Å². The first kappa shape index (κ1) is 19.9. The number of carbonyl (C=O) groups is 2. The van der Waals surface area contributed by atoms with Crippen molar-refractivity contribution in [2.75, 3.05) is 18.1 Å². The van der Waals surface area contributed by atoms with Crippen molar-refractivity contribution in [3.05, 3.63) is 24.3 Å². The Hall–Kier alpha value is -1.89. The van der Waals surface area contributed by atoms with Gasteiger partial charge in [-0.2, -0.15) is 0 Å². The van der Waals surface area contributed by atoms with Gasteiger partial charge in [-0.1, -0.05) is 26.7 Å². The van der Waals surface area contributed by atoms with Crippen molar-refractivity contribution in [2.45, 2.75) is 50.5 Å². The van der Waals surface area contributed by atoms with Gasteiger partial charge in [0.25, 0.3) is 0 Å². The molecule has 1 aliphatic carbocycles. The van der Waals surface area contributed by atoms with Gasteiger partial charge in [-0.15, -0.1) is 0 Å². The number of sulfone groups is 1. The van der Waals surface area contributed by atoms with Crippen LogP contribution in [-0.4, -0.2) is 44.0 Å². The van der Waals surface area contributed by atoms with Gasteiger partial charge < -0.3 is 10.2 Å². The van der Waals surface area contributed by atoms with Crippen LogP contribution in [0.25, 0.3) is 0 Å². The van der Waals surface area contributed by atoms with Crippen molar-refractivity contribution in [3.63, 3.8) is 0 Å². The van der Waals surface area contributed by atoms with E-state index in [1.165, 1.54) is 18.6 Å². The number of benzene rings is 1. The van der Waals surface area contributed by atoms with Gasteiger partial charge >= 0.3 is 0 Å². The fourth-order valence-corrected chi connectivity index (χ4v) is 4.88. The zero-order valence-corrected chi connectivity index (χ0v) is 17.0. The van der Waals surface area contributed by atoms with Crippen molar-refractivity contribution in [1.29, 1.82) is 0 Å². The van der Waals surface area contributed by atoms with Gasteiger partial charge in [0, 0.05) is 31.0 Å². The van der Waals surface area contributed by atoms with Crippen molar-refractivity contribution in [1.82, 2.24) is 4.90 Å². The Kier molecular flexibility index (Phi) is 5.60. The molecular formula is C20H28N2O4S.